The van der Waals surface area contributed by atoms with Crippen LogP contribution in [0.25, 0.3) is 5.69 Å². The number of aromatic nitrogens is 2. The van der Waals surface area contributed by atoms with Crippen molar-refractivity contribution < 1.29 is 13.4 Å². The van der Waals surface area contributed by atoms with E-state index < -0.39 is 22.5 Å². The number of hydrogen-bond acceptors (Lipinski definition) is 3. The van der Waals surface area contributed by atoms with Crippen molar-refractivity contribution in [1.29, 1.82) is 0 Å². The summed E-state index contributed by atoms with van der Waals surface area (Å²) in [5, 5.41) is 7.40. The van der Waals surface area contributed by atoms with Crippen molar-refractivity contribution in [2.75, 3.05) is 5.32 Å². The monoisotopic (exact) mass is 383 g/mol. The smallest absolute Gasteiger partial charge is 0.259 e. The normalized spacial score (nSPS) is 15.6. The van der Waals surface area contributed by atoms with Crippen LogP contribution in [0.5, 0.6) is 0 Å². The average molecular weight is 383 g/mol. The molecule has 0 spiro atoms. The second-order valence-corrected chi connectivity index (χ2v) is 8.02. The van der Waals surface area contributed by atoms with Crippen LogP contribution in [0.15, 0.2) is 42.5 Å². The van der Waals surface area contributed by atoms with E-state index in [-0.39, 0.29) is 5.56 Å². The van der Waals surface area contributed by atoms with Gasteiger partial charge < -0.3 is 5.32 Å². The lowest BCUT2D eigenvalue weighted by atomic mass is 10.1. The Labute approximate surface area is 158 Å². The average Bonchev–Trinajstić information content (AvgIpc) is 3.15. The summed E-state index contributed by atoms with van der Waals surface area (Å²) in [5.74, 6) is -0.00563. The van der Waals surface area contributed by atoms with Crippen LogP contribution in [-0.2, 0) is 22.3 Å². The van der Waals surface area contributed by atoms with Crippen LogP contribution in [0, 0.1) is 19.7 Å². The molecule has 0 fully saturated rings. The van der Waals surface area contributed by atoms with Gasteiger partial charge in [0, 0.05) is 16.4 Å². The number of nitrogens with one attached hydrogen (secondary N) is 1. The molecule has 1 amide bonds. The molecule has 0 unspecified atom stereocenters. The largest absolute Gasteiger partial charge is 0.306 e. The maximum atomic E-state index is 14.0. The number of benzene rings is 2. The van der Waals surface area contributed by atoms with Crippen LogP contribution < -0.4 is 5.32 Å². The van der Waals surface area contributed by atoms with E-state index in [4.69, 9.17) is 0 Å². The minimum atomic E-state index is -1.04. The summed E-state index contributed by atoms with van der Waals surface area (Å²) in [6.45, 7) is 3.99. The molecule has 0 saturated carbocycles. The van der Waals surface area contributed by atoms with E-state index in [0.717, 1.165) is 22.4 Å². The van der Waals surface area contributed by atoms with Crippen molar-refractivity contribution in [3.63, 3.8) is 0 Å². The van der Waals surface area contributed by atoms with E-state index in [9.17, 15) is 13.4 Å². The van der Waals surface area contributed by atoms with Crippen molar-refractivity contribution in [1.82, 2.24) is 9.78 Å². The highest BCUT2D eigenvalue weighted by Crippen LogP contribution is 2.33. The zero-order valence-corrected chi connectivity index (χ0v) is 15.8. The van der Waals surface area contributed by atoms with Gasteiger partial charge in [-0.1, -0.05) is 24.3 Å². The first-order chi connectivity index (χ1) is 13.0. The summed E-state index contributed by atoms with van der Waals surface area (Å²) in [5.41, 5.74) is 4.37. The molecule has 138 valence electrons. The Balaban J connectivity index is 1.82. The van der Waals surface area contributed by atoms with Gasteiger partial charge in [0.25, 0.3) is 5.91 Å². The molecule has 1 N–H and O–H groups in total. The van der Waals surface area contributed by atoms with Crippen LogP contribution >= 0.6 is 0 Å². The van der Waals surface area contributed by atoms with Crippen LogP contribution in [-0.4, -0.2) is 19.9 Å². The molecule has 0 radical (unpaired) electrons. The zero-order chi connectivity index (χ0) is 19.1. The predicted molar refractivity (Wildman–Crippen MR) is 103 cm³/mol. The lowest BCUT2D eigenvalue weighted by Crippen LogP contribution is -2.18. The Morgan fingerprint density at radius 3 is 2.70 bits per heavy atom. The molecule has 5 nitrogen and oxygen atoms in total. The number of anilines is 1. The second kappa shape index (κ2) is 6.74. The van der Waals surface area contributed by atoms with E-state index in [1.807, 2.05) is 32.0 Å². The maximum Gasteiger partial charge on any atom is 0.259 e. The lowest BCUT2D eigenvalue weighted by Gasteiger charge is -2.14. The fourth-order valence-corrected chi connectivity index (χ4v) is 4.48. The molecule has 1 aliphatic heterocycles. The summed E-state index contributed by atoms with van der Waals surface area (Å²) < 4.78 is 27.7. The van der Waals surface area contributed by atoms with Crippen LogP contribution in [0.2, 0.25) is 0 Å². The van der Waals surface area contributed by atoms with Gasteiger partial charge in [-0.3, -0.25) is 9.00 Å². The maximum absolute atomic E-state index is 14.0. The van der Waals surface area contributed by atoms with Crippen molar-refractivity contribution >= 4 is 22.5 Å². The minimum absolute atomic E-state index is 0.0425. The highest BCUT2D eigenvalue weighted by Gasteiger charge is 2.29. The van der Waals surface area contributed by atoms with Crippen LogP contribution in [0.4, 0.5) is 10.2 Å². The third-order valence-electron chi connectivity index (χ3n) is 4.82. The standard InChI is InChI=1S/C20H18FN3O2S/c1-12-6-5-9-18(13(12)2)24-19(15-10-27(26)11-17(15)23-24)22-20(25)14-7-3-4-8-16(14)21/h3-9H,10-11H2,1-2H3,(H,22,25)/t27-/m0/s1. The zero-order valence-electron chi connectivity index (χ0n) is 15.0. The summed E-state index contributed by atoms with van der Waals surface area (Å²) in [6, 6.07) is 11.7. The molecule has 1 aliphatic rings. The number of hydrogen-bond donors (Lipinski definition) is 1. The molecule has 1 aromatic heterocycles. The molecular formula is C20H18FN3O2S. The van der Waals surface area contributed by atoms with Crippen molar-refractivity contribution in [2.24, 2.45) is 0 Å². The summed E-state index contributed by atoms with van der Waals surface area (Å²) >= 11 is 0. The van der Waals surface area contributed by atoms with E-state index in [2.05, 4.69) is 10.4 Å². The van der Waals surface area contributed by atoms with Crippen molar-refractivity contribution in [2.45, 2.75) is 25.4 Å². The topological polar surface area (TPSA) is 64.0 Å². The summed E-state index contributed by atoms with van der Waals surface area (Å²) in [4.78, 5) is 12.7. The SMILES string of the molecule is Cc1cccc(-n2nc3c(c2NC(=O)c2ccccc2F)C[S@](=O)C3)c1C. The summed E-state index contributed by atoms with van der Waals surface area (Å²) in [6.07, 6.45) is 0. The third kappa shape index (κ3) is 3.08. The molecule has 0 bridgehead atoms. The van der Waals surface area contributed by atoms with Gasteiger partial charge in [-0.25, -0.2) is 9.07 Å². The molecule has 0 aliphatic carbocycles. The molecule has 0 saturated heterocycles. The first kappa shape index (κ1) is 17.6. The van der Waals surface area contributed by atoms with Crippen LogP contribution in [0.1, 0.15) is 32.7 Å². The Kier molecular flexibility index (Phi) is 4.39. The molecule has 2 aromatic carbocycles. The van der Waals surface area contributed by atoms with Gasteiger partial charge in [0.1, 0.15) is 11.6 Å². The fourth-order valence-electron chi connectivity index (χ4n) is 3.22. The third-order valence-corrected chi connectivity index (χ3v) is 6.03. The van der Waals surface area contributed by atoms with Crippen LogP contribution in [0.3, 0.4) is 0 Å². The van der Waals surface area contributed by atoms with Gasteiger partial charge in [-0.05, 0) is 43.2 Å². The quantitative estimate of drug-likeness (QED) is 0.751. The number of amides is 1. The van der Waals surface area contributed by atoms with Crippen molar-refractivity contribution in [3.8, 4) is 5.69 Å². The second-order valence-electron chi connectivity index (χ2n) is 6.57. The molecule has 27 heavy (non-hydrogen) atoms. The number of rotatable bonds is 3. The first-order valence-corrected chi connectivity index (χ1v) is 10.0. The van der Waals surface area contributed by atoms with E-state index in [1.165, 1.54) is 18.2 Å². The molecule has 7 heteroatoms. The van der Waals surface area contributed by atoms with Gasteiger partial charge in [0.2, 0.25) is 0 Å². The highest BCUT2D eigenvalue weighted by molar-refractivity contribution is 7.83. The molecular weight excluding hydrogens is 365 g/mol. The van der Waals surface area contributed by atoms with Gasteiger partial charge in [0.15, 0.2) is 0 Å². The Bertz CT molecular complexity index is 1090. The van der Waals surface area contributed by atoms with E-state index in [0.29, 0.717) is 23.0 Å². The van der Waals surface area contributed by atoms with Gasteiger partial charge >= 0.3 is 0 Å². The predicted octanol–water partition coefficient (Wildman–Crippen LogP) is 3.64. The number of aryl methyl sites for hydroxylation is 1. The van der Waals surface area contributed by atoms with E-state index >= 15 is 0 Å². The molecule has 1 atom stereocenters. The van der Waals surface area contributed by atoms with Crippen molar-refractivity contribution in [3.05, 3.63) is 76.2 Å². The molecule has 4 rings (SSSR count). The molecule has 3 aromatic rings. The Morgan fingerprint density at radius 2 is 1.93 bits per heavy atom. The highest BCUT2D eigenvalue weighted by atomic mass is 32.2. The number of nitrogens with zero attached hydrogens (tertiary/aromatic N) is 2. The number of carbonyl (C=O) groups is 1. The Hall–Kier alpha value is -2.80. The Morgan fingerprint density at radius 1 is 1.15 bits per heavy atom. The van der Waals surface area contributed by atoms with Gasteiger partial charge in [0.05, 0.1) is 28.5 Å². The fraction of sp³-hybridized carbons (Fsp3) is 0.200. The van der Waals surface area contributed by atoms with E-state index in [1.54, 1.807) is 10.7 Å². The minimum Gasteiger partial charge on any atom is -0.306 e. The molecule has 2 heterocycles. The van der Waals surface area contributed by atoms with Gasteiger partial charge in [-0.15, -0.1) is 0 Å². The van der Waals surface area contributed by atoms with Gasteiger partial charge in [-0.2, -0.15) is 5.10 Å². The number of fused-ring (bicyclic) bond motifs is 1. The first-order valence-electron chi connectivity index (χ1n) is 8.54. The lowest BCUT2D eigenvalue weighted by molar-refractivity contribution is 0.102. The summed E-state index contributed by atoms with van der Waals surface area (Å²) in [7, 11) is -1.04. The number of halogens is 1. The number of carbonyl (C=O) groups excluding carboxylic acids is 1.